The van der Waals surface area contributed by atoms with E-state index < -0.39 is 0 Å². The monoisotopic (exact) mass is 323 g/mol. The molecule has 126 valence electrons. The Labute approximate surface area is 143 Å². The Morgan fingerprint density at radius 1 is 1.25 bits per heavy atom. The number of carbonyl (C=O) groups is 1. The molecular weight excluding hydrogens is 298 g/mol. The quantitative estimate of drug-likeness (QED) is 0.940. The number of fused-ring (bicyclic) bond motifs is 1. The smallest absolute Gasteiger partial charge is 0.270 e. The van der Waals surface area contributed by atoms with E-state index in [9.17, 15) is 4.79 Å². The Hall–Kier alpha value is -2.10. The third kappa shape index (κ3) is 2.74. The number of amides is 1. The van der Waals surface area contributed by atoms with Gasteiger partial charge < -0.3 is 5.32 Å². The number of hydrogen-bond acceptors (Lipinski definition) is 2. The molecule has 4 rings (SSSR count). The molecule has 2 aromatic rings. The lowest BCUT2D eigenvalue weighted by atomic mass is 9.95. The lowest BCUT2D eigenvalue weighted by Gasteiger charge is -2.20. The van der Waals surface area contributed by atoms with Gasteiger partial charge in [0.2, 0.25) is 0 Å². The van der Waals surface area contributed by atoms with Gasteiger partial charge >= 0.3 is 0 Å². The number of hydrogen-bond donors (Lipinski definition) is 1. The summed E-state index contributed by atoms with van der Waals surface area (Å²) in [6.45, 7) is 2.14. The third-order valence-corrected chi connectivity index (χ3v) is 5.56. The lowest BCUT2D eigenvalue weighted by Crippen LogP contribution is -2.40. The third-order valence-electron chi connectivity index (χ3n) is 5.56. The summed E-state index contributed by atoms with van der Waals surface area (Å²) >= 11 is 0. The molecule has 24 heavy (non-hydrogen) atoms. The Morgan fingerprint density at radius 2 is 2.00 bits per heavy atom. The minimum Gasteiger partial charge on any atom is -0.345 e. The summed E-state index contributed by atoms with van der Waals surface area (Å²) in [4.78, 5) is 13.0. The predicted octanol–water partition coefficient (Wildman–Crippen LogP) is 3.11. The Balaban J connectivity index is 1.54. The molecule has 0 aliphatic heterocycles. The molecule has 0 unspecified atom stereocenters. The van der Waals surface area contributed by atoms with Crippen LogP contribution in [0.25, 0.3) is 0 Å². The second-order valence-electron chi connectivity index (χ2n) is 7.44. The molecule has 1 N–H and O–H groups in total. The average Bonchev–Trinajstić information content (AvgIpc) is 3.21. The highest BCUT2D eigenvalue weighted by molar-refractivity contribution is 5.95. The summed E-state index contributed by atoms with van der Waals surface area (Å²) in [7, 11) is 1.90. The van der Waals surface area contributed by atoms with Crippen molar-refractivity contribution in [2.75, 3.05) is 0 Å². The van der Waals surface area contributed by atoms with Gasteiger partial charge in [-0.05, 0) is 63.0 Å². The number of aryl methyl sites for hydroxylation is 3. The van der Waals surface area contributed by atoms with Crippen LogP contribution in [0.5, 0.6) is 0 Å². The fourth-order valence-electron chi connectivity index (χ4n) is 3.94. The highest BCUT2D eigenvalue weighted by atomic mass is 16.2. The van der Waals surface area contributed by atoms with Gasteiger partial charge in [0.15, 0.2) is 0 Å². The van der Waals surface area contributed by atoms with Gasteiger partial charge in [-0.1, -0.05) is 24.3 Å². The van der Waals surface area contributed by atoms with Gasteiger partial charge in [-0.3, -0.25) is 9.48 Å². The summed E-state index contributed by atoms with van der Waals surface area (Å²) in [5.74, 6) is 0.0548. The van der Waals surface area contributed by atoms with Crippen molar-refractivity contribution in [2.45, 2.75) is 57.4 Å². The van der Waals surface area contributed by atoms with Crippen molar-refractivity contribution in [1.29, 1.82) is 0 Å². The van der Waals surface area contributed by atoms with Crippen molar-refractivity contribution in [2.24, 2.45) is 7.05 Å². The van der Waals surface area contributed by atoms with Crippen LogP contribution in [-0.4, -0.2) is 21.2 Å². The molecule has 0 radical (unpaired) electrons. The van der Waals surface area contributed by atoms with E-state index >= 15 is 0 Å². The lowest BCUT2D eigenvalue weighted by molar-refractivity contribution is 0.0920. The molecule has 1 aromatic heterocycles. The molecule has 0 bridgehead atoms. The number of carbonyl (C=O) groups excluding carboxylic acids is 1. The maximum Gasteiger partial charge on any atom is 0.270 e. The first kappa shape index (κ1) is 15.4. The van der Waals surface area contributed by atoms with E-state index in [1.54, 1.807) is 4.68 Å². The van der Waals surface area contributed by atoms with E-state index in [1.807, 2.05) is 7.05 Å². The molecule has 1 fully saturated rings. The van der Waals surface area contributed by atoms with Crippen LogP contribution >= 0.6 is 0 Å². The summed E-state index contributed by atoms with van der Waals surface area (Å²) in [5.41, 5.74) is 5.65. The van der Waals surface area contributed by atoms with Gasteiger partial charge in [0, 0.05) is 18.2 Å². The maximum atomic E-state index is 13.0. The summed E-state index contributed by atoms with van der Waals surface area (Å²) in [5, 5.41) is 7.91. The second-order valence-corrected chi connectivity index (χ2v) is 7.44. The number of nitrogens with zero attached hydrogens (tertiary/aromatic N) is 2. The van der Waals surface area contributed by atoms with Gasteiger partial charge in [-0.25, -0.2) is 0 Å². The van der Waals surface area contributed by atoms with Crippen molar-refractivity contribution in [1.82, 2.24) is 15.1 Å². The molecule has 1 aromatic carbocycles. The van der Waals surface area contributed by atoms with Gasteiger partial charge in [-0.15, -0.1) is 0 Å². The normalized spacial score (nSPS) is 18.1. The molecule has 1 amide bonds. The van der Waals surface area contributed by atoms with Crippen molar-refractivity contribution in [3.8, 4) is 0 Å². The highest BCUT2D eigenvalue weighted by Crippen LogP contribution is 2.39. The van der Waals surface area contributed by atoms with Crippen molar-refractivity contribution in [3.63, 3.8) is 0 Å². The van der Waals surface area contributed by atoms with Crippen LogP contribution in [0.15, 0.2) is 24.3 Å². The molecular formula is C20H25N3O. The van der Waals surface area contributed by atoms with Gasteiger partial charge in [0.25, 0.3) is 5.91 Å². The summed E-state index contributed by atoms with van der Waals surface area (Å²) in [6, 6.07) is 8.47. The highest BCUT2D eigenvalue weighted by Gasteiger charge is 2.45. The Kier molecular flexibility index (Phi) is 3.70. The van der Waals surface area contributed by atoms with E-state index in [2.05, 4.69) is 41.6 Å². The van der Waals surface area contributed by atoms with E-state index in [-0.39, 0.29) is 11.4 Å². The van der Waals surface area contributed by atoms with Crippen LogP contribution in [0.1, 0.15) is 58.6 Å². The van der Waals surface area contributed by atoms with E-state index in [4.69, 9.17) is 0 Å². The van der Waals surface area contributed by atoms with Crippen LogP contribution in [0, 0.1) is 6.92 Å². The van der Waals surface area contributed by atoms with Crippen molar-refractivity contribution >= 4 is 5.91 Å². The number of aromatic nitrogens is 2. The maximum absolute atomic E-state index is 13.0. The van der Waals surface area contributed by atoms with Crippen LogP contribution in [0.3, 0.4) is 0 Å². The Morgan fingerprint density at radius 3 is 2.75 bits per heavy atom. The molecule has 2 aliphatic carbocycles. The topological polar surface area (TPSA) is 46.9 Å². The molecule has 1 saturated carbocycles. The van der Waals surface area contributed by atoms with Gasteiger partial charge in [-0.2, -0.15) is 5.10 Å². The number of nitrogens with one attached hydrogen (secondary N) is 1. The minimum atomic E-state index is -0.0605. The molecule has 0 saturated heterocycles. The zero-order valence-corrected chi connectivity index (χ0v) is 14.6. The van der Waals surface area contributed by atoms with Crippen LogP contribution in [-0.2, 0) is 26.3 Å². The fraction of sp³-hybridized carbons (Fsp3) is 0.500. The van der Waals surface area contributed by atoms with Crippen LogP contribution < -0.4 is 5.32 Å². The zero-order valence-electron chi connectivity index (χ0n) is 14.6. The average molecular weight is 323 g/mol. The first-order valence-electron chi connectivity index (χ1n) is 9.00. The molecule has 0 spiro atoms. The van der Waals surface area contributed by atoms with E-state index in [1.165, 1.54) is 23.1 Å². The predicted molar refractivity (Wildman–Crippen MR) is 94.2 cm³/mol. The molecule has 0 atom stereocenters. The van der Waals surface area contributed by atoms with Crippen molar-refractivity contribution in [3.05, 3.63) is 52.3 Å². The SMILES string of the molecule is Cc1ccccc1CC1(NC(=O)c2c3c(nn2C)CCCC3)CC1. The number of rotatable bonds is 4. The molecule has 4 nitrogen and oxygen atoms in total. The standard InChI is InChI=1S/C20H25N3O/c1-14-7-3-4-8-15(14)13-20(11-12-20)21-19(24)18-16-9-5-6-10-17(16)22-23(18)2/h3-4,7-8H,5-6,9-13H2,1-2H3,(H,21,24). The van der Waals surface area contributed by atoms with Gasteiger partial charge in [0.1, 0.15) is 5.69 Å². The fourth-order valence-corrected chi connectivity index (χ4v) is 3.94. The van der Waals surface area contributed by atoms with Crippen LogP contribution in [0.2, 0.25) is 0 Å². The molecule has 4 heteroatoms. The second kappa shape index (κ2) is 5.76. The van der Waals surface area contributed by atoms with Crippen molar-refractivity contribution < 1.29 is 4.79 Å². The zero-order chi connectivity index (χ0) is 16.7. The largest absolute Gasteiger partial charge is 0.345 e. The van der Waals surface area contributed by atoms with E-state index in [0.717, 1.165) is 49.9 Å². The van der Waals surface area contributed by atoms with Crippen LogP contribution in [0.4, 0.5) is 0 Å². The molecule has 2 aliphatic rings. The first-order valence-corrected chi connectivity index (χ1v) is 9.00. The first-order chi connectivity index (χ1) is 11.6. The summed E-state index contributed by atoms with van der Waals surface area (Å²) in [6.07, 6.45) is 7.38. The molecule has 1 heterocycles. The minimum absolute atomic E-state index is 0.0548. The summed E-state index contributed by atoms with van der Waals surface area (Å²) < 4.78 is 1.79. The van der Waals surface area contributed by atoms with E-state index in [0.29, 0.717) is 0 Å². The van der Waals surface area contributed by atoms with Gasteiger partial charge in [0.05, 0.1) is 5.69 Å². The Bertz CT molecular complexity index is 786. The number of benzene rings is 1.